The standard InChI is InChI=1S/C10H10BrF/c11-9-5-1-4-8-7(9)3-2-6-10(8)12/h1,4-5,10H,2-3,6H2. The summed E-state index contributed by atoms with van der Waals surface area (Å²) >= 11 is 3.44. The van der Waals surface area contributed by atoms with Gasteiger partial charge in [0.15, 0.2) is 0 Å². The van der Waals surface area contributed by atoms with Crippen molar-refractivity contribution < 1.29 is 4.39 Å². The Kier molecular flexibility index (Phi) is 2.18. The van der Waals surface area contributed by atoms with Crippen molar-refractivity contribution in [1.29, 1.82) is 0 Å². The molecule has 0 radical (unpaired) electrons. The Balaban J connectivity index is 2.52. The molecule has 0 heterocycles. The fourth-order valence-corrected chi connectivity index (χ4v) is 2.33. The summed E-state index contributed by atoms with van der Waals surface area (Å²) in [5, 5.41) is 0. The minimum Gasteiger partial charge on any atom is -0.242 e. The lowest BCUT2D eigenvalue weighted by Crippen LogP contribution is -2.06. The Morgan fingerprint density at radius 1 is 1.42 bits per heavy atom. The first kappa shape index (κ1) is 8.24. The maximum absolute atomic E-state index is 13.3. The molecule has 0 fully saturated rings. The van der Waals surface area contributed by atoms with Crippen molar-refractivity contribution in [2.75, 3.05) is 0 Å². The lowest BCUT2D eigenvalue weighted by Gasteiger charge is -2.20. The predicted molar refractivity (Wildman–Crippen MR) is 50.9 cm³/mol. The summed E-state index contributed by atoms with van der Waals surface area (Å²) in [5.41, 5.74) is 2.05. The fraction of sp³-hybridized carbons (Fsp3) is 0.400. The minimum absolute atomic E-state index is 0.684. The first-order valence-electron chi connectivity index (χ1n) is 4.20. The smallest absolute Gasteiger partial charge is 0.125 e. The van der Waals surface area contributed by atoms with E-state index in [2.05, 4.69) is 15.9 Å². The van der Waals surface area contributed by atoms with Crippen LogP contribution in [0.2, 0.25) is 0 Å². The largest absolute Gasteiger partial charge is 0.242 e. The predicted octanol–water partition coefficient (Wildman–Crippen LogP) is 3.80. The highest BCUT2D eigenvalue weighted by molar-refractivity contribution is 9.10. The van der Waals surface area contributed by atoms with E-state index in [0.29, 0.717) is 6.42 Å². The highest BCUT2D eigenvalue weighted by Gasteiger charge is 2.20. The number of alkyl halides is 1. The highest BCUT2D eigenvalue weighted by Crippen LogP contribution is 2.35. The summed E-state index contributed by atoms with van der Waals surface area (Å²) in [4.78, 5) is 0. The summed E-state index contributed by atoms with van der Waals surface area (Å²) in [6, 6.07) is 5.78. The molecule has 1 aliphatic rings. The number of rotatable bonds is 0. The zero-order valence-corrected chi connectivity index (χ0v) is 8.27. The Bertz CT molecular complexity index is 296. The Hall–Kier alpha value is -0.370. The zero-order chi connectivity index (χ0) is 8.55. The third-order valence-electron chi connectivity index (χ3n) is 2.38. The van der Waals surface area contributed by atoms with Crippen LogP contribution in [0, 0.1) is 0 Å². The van der Waals surface area contributed by atoms with E-state index < -0.39 is 6.17 Å². The molecule has 0 saturated carbocycles. The van der Waals surface area contributed by atoms with E-state index in [-0.39, 0.29) is 0 Å². The van der Waals surface area contributed by atoms with Crippen molar-refractivity contribution in [3.63, 3.8) is 0 Å². The molecule has 0 spiro atoms. The molecule has 1 atom stereocenters. The maximum atomic E-state index is 13.3. The van der Waals surface area contributed by atoms with E-state index >= 15 is 0 Å². The topological polar surface area (TPSA) is 0 Å². The Morgan fingerprint density at radius 3 is 3.00 bits per heavy atom. The SMILES string of the molecule is FC1CCCc2c(Br)cccc21. The van der Waals surface area contributed by atoms with Crippen LogP contribution in [0.4, 0.5) is 4.39 Å². The average molecular weight is 229 g/mol. The molecule has 0 saturated heterocycles. The lowest BCUT2D eigenvalue weighted by atomic mass is 9.90. The molecule has 0 N–H and O–H groups in total. The third kappa shape index (κ3) is 1.28. The van der Waals surface area contributed by atoms with E-state index in [1.807, 2.05) is 18.2 Å². The summed E-state index contributed by atoms with van der Waals surface area (Å²) in [7, 11) is 0. The van der Waals surface area contributed by atoms with Crippen LogP contribution < -0.4 is 0 Å². The number of benzene rings is 1. The van der Waals surface area contributed by atoms with E-state index in [9.17, 15) is 4.39 Å². The van der Waals surface area contributed by atoms with Gasteiger partial charge in [-0.1, -0.05) is 28.1 Å². The summed E-state index contributed by atoms with van der Waals surface area (Å²) in [5.74, 6) is 0. The van der Waals surface area contributed by atoms with Gasteiger partial charge in [-0.2, -0.15) is 0 Å². The molecule has 1 aromatic carbocycles. The quantitative estimate of drug-likeness (QED) is 0.634. The lowest BCUT2D eigenvalue weighted by molar-refractivity contribution is 0.302. The van der Waals surface area contributed by atoms with Gasteiger partial charge in [-0.3, -0.25) is 0 Å². The van der Waals surface area contributed by atoms with Gasteiger partial charge in [0.25, 0.3) is 0 Å². The average Bonchev–Trinajstić information content (AvgIpc) is 2.07. The maximum Gasteiger partial charge on any atom is 0.125 e. The van der Waals surface area contributed by atoms with Gasteiger partial charge >= 0.3 is 0 Å². The van der Waals surface area contributed by atoms with Crippen molar-refractivity contribution in [3.05, 3.63) is 33.8 Å². The van der Waals surface area contributed by atoms with Gasteiger partial charge in [0.2, 0.25) is 0 Å². The van der Waals surface area contributed by atoms with E-state index in [4.69, 9.17) is 0 Å². The van der Waals surface area contributed by atoms with Crippen LogP contribution in [-0.2, 0) is 6.42 Å². The van der Waals surface area contributed by atoms with Gasteiger partial charge in [0, 0.05) is 4.47 Å². The van der Waals surface area contributed by atoms with Crippen molar-refractivity contribution in [2.45, 2.75) is 25.4 Å². The Labute approximate surface area is 79.9 Å². The molecule has 0 amide bonds. The number of hydrogen-bond acceptors (Lipinski definition) is 0. The van der Waals surface area contributed by atoms with Gasteiger partial charge in [-0.25, -0.2) is 4.39 Å². The molecule has 64 valence electrons. The van der Waals surface area contributed by atoms with Crippen molar-refractivity contribution in [1.82, 2.24) is 0 Å². The van der Waals surface area contributed by atoms with Crippen LogP contribution in [0.1, 0.15) is 30.1 Å². The zero-order valence-electron chi connectivity index (χ0n) is 6.69. The molecule has 0 nitrogen and oxygen atoms in total. The first-order chi connectivity index (χ1) is 5.79. The fourth-order valence-electron chi connectivity index (χ4n) is 1.75. The normalized spacial score (nSPS) is 22.0. The van der Waals surface area contributed by atoms with Gasteiger partial charge in [0.1, 0.15) is 6.17 Å². The van der Waals surface area contributed by atoms with Crippen molar-refractivity contribution in [3.8, 4) is 0 Å². The molecule has 0 aliphatic heterocycles. The monoisotopic (exact) mass is 228 g/mol. The Morgan fingerprint density at radius 2 is 2.25 bits per heavy atom. The molecule has 1 aliphatic carbocycles. The van der Waals surface area contributed by atoms with Gasteiger partial charge in [-0.15, -0.1) is 0 Å². The van der Waals surface area contributed by atoms with Crippen LogP contribution in [0.15, 0.2) is 22.7 Å². The molecule has 1 aromatic rings. The molecule has 0 aromatic heterocycles. The first-order valence-corrected chi connectivity index (χ1v) is 4.99. The number of halogens is 2. The van der Waals surface area contributed by atoms with Gasteiger partial charge < -0.3 is 0 Å². The summed E-state index contributed by atoms with van der Waals surface area (Å²) in [6.07, 6.45) is 1.92. The van der Waals surface area contributed by atoms with E-state index in [1.54, 1.807) is 0 Å². The molecule has 1 unspecified atom stereocenters. The second-order valence-electron chi connectivity index (χ2n) is 3.17. The van der Waals surface area contributed by atoms with Crippen molar-refractivity contribution >= 4 is 15.9 Å². The van der Waals surface area contributed by atoms with Crippen LogP contribution in [-0.4, -0.2) is 0 Å². The van der Waals surface area contributed by atoms with Crippen LogP contribution in [0.3, 0.4) is 0 Å². The molecule has 12 heavy (non-hydrogen) atoms. The number of fused-ring (bicyclic) bond motifs is 1. The van der Waals surface area contributed by atoms with Gasteiger partial charge in [-0.05, 0) is 36.5 Å². The molecule has 2 rings (SSSR count). The van der Waals surface area contributed by atoms with Crippen LogP contribution >= 0.6 is 15.9 Å². The third-order valence-corrected chi connectivity index (χ3v) is 3.12. The van der Waals surface area contributed by atoms with E-state index in [1.165, 1.54) is 0 Å². The molecular weight excluding hydrogens is 219 g/mol. The van der Waals surface area contributed by atoms with Gasteiger partial charge in [0.05, 0.1) is 0 Å². The van der Waals surface area contributed by atoms with E-state index in [0.717, 1.165) is 28.4 Å². The minimum atomic E-state index is -0.744. The molecular formula is C10H10BrF. The molecule has 2 heteroatoms. The summed E-state index contributed by atoms with van der Waals surface area (Å²) in [6.45, 7) is 0. The second-order valence-corrected chi connectivity index (χ2v) is 4.02. The van der Waals surface area contributed by atoms with Crippen molar-refractivity contribution in [2.24, 2.45) is 0 Å². The highest BCUT2D eigenvalue weighted by atomic mass is 79.9. The second kappa shape index (κ2) is 3.17. The number of hydrogen-bond donors (Lipinski definition) is 0. The van der Waals surface area contributed by atoms with Crippen LogP contribution in [0.25, 0.3) is 0 Å². The molecule has 0 bridgehead atoms. The summed E-state index contributed by atoms with van der Waals surface area (Å²) < 4.78 is 14.4. The van der Waals surface area contributed by atoms with Crippen LogP contribution in [0.5, 0.6) is 0 Å².